The first kappa shape index (κ1) is 71.3. The van der Waals surface area contributed by atoms with Crippen molar-refractivity contribution in [2.75, 3.05) is 13.2 Å². The smallest absolute Gasteiger partial charge is 0.305 e. The number of amides is 1. The average molecular weight is 1030 g/mol. The molecule has 0 saturated carbocycles. The van der Waals surface area contributed by atoms with Crippen molar-refractivity contribution in [1.82, 2.24) is 5.32 Å². The normalized spacial score (nSPS) is 12.7. The molecule has 73 heavy (non-hydrogen) atoms. The number of nitrogens with one attached hydrogen (secondary N) is 1. The second-order valence-electron chi connectivity index (χ2n) is 22.8. The zero-order valence-corrected chi connectivity index (χ0v) is 49.4. The van der Waals surface area contributed by atoms with Crippen molar-refractivity contribution in [3.8, 4) is 0 Å². The summed E-state index contributed by atoms with van der Waals surface area (Å²) in [6, 6.07) is -0.539. The van der Waals surface area contributed by atoms with Crippen LogP contribution in [0.15, 0.2) is 24.3 Å². The van der Waals surface area contributed by atoms with Gasteiger partial charge in [-0.1, -0.05) is 321 Å². The number of aliphatic hydroxyl groups excluding tert-OH is 2. The molecular weight excluding hydrogens is 899 g/mol. The van der Waals surface area contributed by atoms with Gasteiger partial charge in [0, 0.05) is 12.8 Å². The summed E-state index contributed by atoms with van der Waals surface area (Å²) in [6.45, 7) is 4.95. The summed E-state index contributed by atoms with van der Waals surface area (Å²) in [6.07, 6.45) is 77.8. The van der Waals surface area contributed by atoms with E-state index in [1.54, 1.807) is 0 Å². The summed E-state index contributed by atoms with van der Waals surface area (Å²) in [5.74, 6) is -0.0211. The molecule has 432 valence electrons. The van der Waals surface area contributed by atoms with E-state index in [4.69, 9.17) is 4.74 Å². The second kappa shape index (κ2) is 62.9. The van der Waals surface area contributed by atoms with Crippen LogP contribution in [-0.4, -0.2) is 47.4 Å². The molecule has 0 radical (unpaired) electrons. The minimum atomic E-state index is -0.661. The first-order valence-corrected chi connectivity index (χ1v) is 33.1. The zero-order valence-electron chi connectivity index (χ0n) is 49.4. The van der Waals surface area contributed by atoms with Crippen LogP contribution in [-0.2, 0) is 14.3 Å². The summed E-state index contributed by atoms with van der Waals surface area (Å²) in [4.78, 5) is 24.6. The molecule has 0 heterocycles. The second-order valence-corrected chi connectivity index (χ2v) is 22.8. The fourth-order valence-electron chi connectivity index (χ4n) is 10.4. The average Bonchev–Trinajstić information content (AvgIpc) is 3.39. The van der Waals surface area contributed by atoms with E-state index in [0.29, 0.717) is 25.9 Å². The maximum absolute atomic E-state index is 12.5. The first-order chi connectivity index (χ1) is 36.0. The molecule has 0 aromatic heterocycles. The van der Waals surface area contributed by atoms with Crippen molar-refractivity contribution in [2.45, 2.75) is 379 Å². The molecular formula is C67H129NO5. The van der Waals surface area contributed by atoms with E-state index in [1.807, 2.05) is 0 Å². The van der Waals surface area contributed by atoms with Crippen LogP contribution in [0.2, 0.25) is 0 Å². The van der Waals surface area contributed by atoms with Crippen LogP contribution in [0.3, 0.4) is 0 Å². The molecule has 2 atom stereocenters. The number of carbonyl (C=O) groups excluding carboxylic acids is 2. The number of esters is 1. The van der Waals surface area contributed by atoms with Gasteiger partial charge in [-0.2, -0.15) is 0 Å². The third-order valence-corrected chi connectivity index (χ3v) is 15.5. The highest BCUT2D eigenvalue weighted by atomic mass is 16.5. The van der Waals surface area contributed by atoms with Gasteiger partial charge < -0.3 is 20.3 Å². The highest BCUT2D eigenvalue weighted by molar-refractivity contribution is 5.76. The number of aliphatic hydroxyl groups is 2. The minimum absolute atomic E-state index is 0.00999. The Balaban J connectivity index is 3.33. The van der Waals surface area contributed by atoms with E-state index < -0.39 is 12.1 Å². The van der Waals surface area contributed by atoms with Crippen molar-refractivity contribution >= 4 is 11.9 Å². The number of allylic oxidation sites excluding steroid dienone is 4. The van der Waals surface area contributed by atoms with Crippen LogP contribution in [0.4, 0.5) is 0 Å². The van der Waals surface area contributed by atoms with Gasteiger partial charge in [-0.25, -0.2) is 0 Å². The molecule has 6 nitrogen and oxygen atoms in total. The Morgan fingerprint density at radius 2 is 0.685 bits per heavy atom. The number of hydrogen-bond donors (Lipinski definition) is 3. The lowest BCUT2D eigenvalue weighted by Crippen LogP contribution is -2.45. The SMILES string of the molecule is CCCCC/C=C\C/C=C\CCCCCCCCCC(=O)OCCCCCCCCCCCCCCCCCCCCCCCCCCCCC(=O)NC(CO)C(O)CCCCCCCCCCCCCCC. The molecule has 0 aliphatic rings. The van der Waals surface area contributed by atoms with Gasteiger partial charge in [0.05, 0.1) is 25.4 Å². The van der Waals surface area contributed by atoms with Crippen molar-refractivity contribution in [3.63, 3.8) is 0 Å². The topological polar surface area (TPSA) is 95.9 Å². The molecule has 0 bridgehead atoms. The van der Waals surface area contributed by atoms with E-state index in [0.717, 1.165) is 51.4 Å². The Hall–Kier alpha value is -1.66. The van der Waals surface area contributed by atoms with E-state index in [2.05, 4.69) is 43.5 Å². The fraction of sp³-hybridized carbons (Fsp3) is 0.910. The Labute approximate surface area is 456 Å². The van der Waals surface area contributed by atoms with Crippen molar-refractivity contribution in [2.24, 2.45) is 0 Å². The number of unbranched alkanes of at least 4 members (excludes halogenated alkanes) is 47. The van der Waals surface area contributed by atoms with E-state index in [9.17, 15) is 19.8 Å². The van der Waals surface area contributed by atoms with Gasteiger partial charge in [0.2, 0.25) is 5.91 Å². The summed E-state index contributed by atoms with van der Waals surface area (Å²) >= 11 is 0. The molecule has 0 spiro atoms. The van der Waals surface area contributed by atoms with Crippen LogP contribution >= 0.6 is 0 Å². The van der Waals surface area contributed by atoms with E-state index in [1.165, 1.54) is 283 Å². The molecule has 0 aliphatic heterocycles. The summed E-state index contributed by atoms with van der Waals surface area (Å²) in [5.41, 5.74) is 0. The third-order valence-electron chi connectivity index (χ3n) is 15.5. The molecule has 0 fully saturated rings. The standard InChI is InChI=1S/C67H129NO5/c1-3-5-7-9-11-13-15-17-18-29-33-37-41-45-49-53-57-61-67(72)73-62-58-54-50-46-42-38-34-31-28-26-24-22-20-19-21-23-25-27-30-32-36-40-44-48-52-56-60-66(71)68-64(63-69)65(70)59-55-51-47-43-39-35-16-14-12-10-8-6-4-2/h11,13,17-18,64-65,69-70H,3-10,12,14-16,19-63H2,1-2H3,(H,68,71)/b13-11-,18-17-. The van der Waals surface area contributed by atoms with Gasteiger partial charge >= 0.3 is 5.97 Å². The van der Waals surface area contributed by atoms with Gasteiger partial charge in [0.15, 0.2) is 0 Å². The lowest BCUT2D eigenvalue weighted by atomic mass is 10.0. The van der Waals surface area contributed by atoms with Gasteiger partial charge in [-0.05, 0) is 57.8 Å². The van der Waals surface area contributed by atoms with Crippen LogP contribution < -0.4 is 5.32 Å². The summed E-state index contributed by atoms with van der Waals surface area (Å²) in [7, 11) is 0. The highest BCUT2D eigenvalue weighted by Gasteiger charge is 2.20. The largest absolute Gasteiger partial charge is 0.466 e. The molecule has 6 heteroatoms. The van der Waals surface area contributed by atoms with Gasteiger partial charge in [-0.15, -0.1) is 0 Å². The molecule has 0 rings (SSSR count). The molecule has 0 aromatic carbocycles. The Kier molecular flexibility index (Phi) is 61.4. The van der Waals surface area contributed by atoms with Crippen LogP contribution in [0.25, 0.3) is 0 Å². The monoisotopic (exact) mass is 1030 g/mol. The Morgan fingerprint density at radius 1 is 0.384 bits per heavy atom. The molecule has 3 N–H and O–H groups in total. The number of carbonyl (C=O) groups is 2. The van der Waals surface area contributed by atoms with Crippen molar-refractivity contribution < 1.29 is 24.5 Å². The summed E-state index contributed by atoms with van der Waals surface area (Å²) in [5, 5.41) is 23.3. The Morgan fingerprint density at radius 3 is 1.07 bits per heavy atom. The quantitative estimate of drug-likeness (QED) is 0.0320. The minimum Gasteiger partial charge on any atom is -0.466 e. The fourth-order valence-corrected chi connectivity index (χ4v) is 10.4. The summed E-state index contributed by atoms with van der Waals surface area (Å²) < 4.78 is 5.50. The predicted molar refractivity (Wildman–Crippen MR) is 320 cm³/mol. The predicted octanol–water partition coefficient (Wildman–Crippen LogP) is 21.0. The lowest BCUT2D eigenvalue weighted by Gasteiger charge is -2.22. The third kappa shape index (κ3) is 59.4. The highest BCUT2D eigenvalue weighted by Crippen LogP contribution is 2.18. The van der Waals surface area contributed by atoms with Gasteiger partial charge in [-0.3, -0.25) is 9.59 Å². The maximum atomic E-state index is 12.5. The van der Waals surface area contributed by atoms with E-state index >= 15 is 0 Å². The van der Waals surface area contributed by atoms with E-state index in [-0.39, 0.29) is 18.5 Å². The number of rotatable bonds is 62. The van der Waals surface area contributed by atoms with Crippen LogP contribution in [0, 0.1) is 0 Å². The molecule has 0 saturated heterocycles. The van der Waals surface area contributed by atoms with Crippen LogP contribution in [0.5, 0.6) is 0 Å². The van der Waals surface area contributed by atoms with Gasteiger partial charge in [0.25, 0.3) is 0 Å². The maximum Gasteiger partial charge on any atom is 0.305 e. The first-order valence-electron chi connectivity index (χ1n) is 33.1. The van der Waals surface area contributed by atoms with Gasteiger partial charge in [0.1, 0.15) is 0 Å². The molecule has 0 aliphatic carbocycles. The molecule has 0 aromatic rings. The number of ether oxygens (including phenoxy) is 1. The molecule has 2 unspecified atom stereocenters. The molecule has 1 amide bonds. The van der Waals surface area contributed by atoms with Crippen LogP contribution in [0.1, 0.15) is 367 Å². The number of hydrogen-bond acceptors (Lipinski definition) is 5. The van der Waals surface area contributed by atoms with Crippen molar-refractivity contribution in [3.05, 3.63) is 24.3 Å². The lowest BCUT2D eigenvalue weighted by molar-refractivity contribution is -0.143. The Bertz CT molecular complexity index is 1140. The zero-order chi connectivity index (χ0) is 52.9. The van der Waals surface area contributed by atoms with Crippen molar-refractivity contribution in [1.29, 1.82) is 0 Å².